The molecule has 0 saturated heterocycles. The van der Waals surface area contributed by atoms with Gasteiger partial charge in [-0.1, -0.05) is 30.3 Å². The molecule has 0 fully saturated rings. The normalized spacial score (nSPS) is 10.6. The molecule has 4 heteroatoms. The zero-order valence-corrected chi connectivity index (χ0v) is 12.3. The molecule has 0 aliphatic carbocycles. The van der Waals surface area contributed by atoms with Crippen LogP contribution in [0.25, 0.3) is 11.3 Å². The molecule has 1 heterocycles. The van der Waals surface area contributed by atoms with Crippen LogP contribution in [-0.2, 0) is 6.54 Å². The summed E-state index contributed by atoms with van der Waals surface area (Å²) in [5.41, 5.74) is 4.55. The van der Waals surface area contributed by atoms with Gasteiger partial charge in [0, 0.05) is 30.6 Å². The molecule has 0 aliphatic heterocycles. The van der Waals surface area contributed by atoms with Crippen molar-refractivity contribution in [3.8, 4) is 11.3 Å². The summed E-state index contributed by atoms with van der Waals surface area (Å²) in [6, 6.07) is 19.0. The molecule has 0 spiro atoms. The minimum absolute atomic E-state index is 0.113. The van der Waals surface area contributed by atoms with Crippen LogP contribution < -0.4 is 0 Å². The van der Waals surface area contributed by atoms with E-state index in [4.69, 9.17) is 0 Å². The average Bonchev–Trinajstić information content (AvgIpc) is 2.89. The summed E-state index contributed by atoms with van der Waals surface area (Å²) in [7, 11) is 0. The first-order chi connectivity index (χ1) is 10.6. The third-order valence-electron chi connectivity index (χ3n) is 3.60. The first kappa shape index (κ1) is 14.1. The summed E-state index contributed by atoms with van der Waals surface area (Å²) in [5, 5.41) is 10.8. The van der Waals surface area contributed by atoms with Crippen LogP contribution in [0.5, 0.6) is 0 Å². The lowest BCUT2D eigenvalue weighted by Crippen LogP contribution is -2.00. The van der Waals surface area contributed by atoms with Crippen LogP contribution in [0.15, 0.2) is 66.9 Å². The highest BCUT2D eigenvalue weighted by atomic mass is 16.6. The van der Waals surface area contributed by atoms with E-state index in [2.05, 4.69) is 35.9 Å². The van der Waals surface area contributed by atoms with E-state index in [1.165, 1.54) is 11.1 Å². The smallest absolute Gasteiger partial charge is 0.269 e. The van der Waals surface area contributed by atoms with Gasteiger partial charge >= 0.3 is 0 Å². The van der Waals surface area contributed by atoms with Crippen LogP contribution in [0.2, 0.25) is 0 Å². The fourth-order valence-electron chi connectivity index (χ4n) is 2.57. The second-order valence-corrected chi connectivity index (χ2v) is 5.32. The number of rotatable bonds is 4. The molecule has 110 valence electrons. The van der Waals surface area contributed by atoms with Gasteiger partial charge in [-0.15, -0.1) is 0 Å². The van der Waals surface area contributed by atoms with Gasteiger partial charge in [0.1, 0.15) is 0 Å². The number of benzene rings is 2. The lowest BCUT2D eigenvalue weighted by Gasteiger charge is -2.09. The van der Waals surface area contributed by atoms with E-state index in [0.29, 0.717) is 0 Å². The van der Waals surface area contributed by atoms with Crippen molar-refractivity contribution in [3.05, 3.63) is 88.1 Å². The van der Waals surface area contributed by atoms with Crippen molar-refractivity contribution in [1.29, 1.82) is 0 Å². The van der Waals surface area contributed by atoms with Gasteiger partial charge in [-0.2, -0.15) is 0 Å². The van der Waals surface area contributed by atoms with E-state index < -0.39 is 0 Å². The molecule has 22 heavy (non-hydrogen) atoms. The third kappa shape index (κ3) is 2.91. The van der Waals surface area contributed by atoms with E-state index >= 15 is 0 Å². The van der Waals surface area contributed by atoms with Crippen LogP contribution >= 0.6 is 0 Å². The van der Waals surface area contributed by atoms with Gasteiger partial charge in [0.05, 0.1) is 4.92 Å². The summed E-state index contributed by atoms with van der Waals surface area (Å²) >= 11 is 0. The van der Waals surface area contributed by atoms with Gasteiger partial charge in [-0.05, 0) is 41.8 Å². The zero-order chi connectivity index (χ0) is 15.5. The molecule has 1 aromatic heterocycles. The summed E-state index contributed by atoms with van der Waals surface area (Å²) in [5.74, 6) is 0. The first-order valence-electron chi connectivity index (χ1n) is 7.09. The van der Waals surface area contributed by atoms with Crippen LogP contribution in [0.4, 0.5) is 5.69 Å². The highest BCUT2D eigenvalue weighted by molar-refractivity contribution is 5.63. The highest BCUT2D eigenvalue weighted by Gasteiger charge is 2.09. The van der Waals surface area contributed by atoms with E-state index in [1.807, 2.05) is 18.2 Å². The Kier molecular flexibility index (Phi) is 3.74. The molecule has 3 aromatic rings. The fraction of sp³-hybridized carbons (Fsp3) is 0.111. The fourth-order valence-corrected chi connectivity index (χ4v) is 2.57. The molecular formula is C18H16N2O2. The van der Waals surface area contributed by atoms with Crippen molar-refractivity contribution < 1.29 is 4.92 Å². The Hall–Kier alpha value is -2.88. The minimum atomic E-state index is -0.377. The van der Waals surface area contributed by atoms with Crippen molar-refractivity contribution in [1.82, 2.24) is 4.57 Å². The number of hydrogen-bond acceptors (Lipinski definition) is 2. The number of nitrogens with zero attached hydrogens (tertiary/aromatic N) is 2. The topological polar surface area (TPSA) is 48.1 Å². The molecule has 0 saturated carbocycles. The van der Waals surface area contributed by atoms with Crippen molar-refractivity contribution in [2.45, 2.75) is 13.5 Å². The molecule has 0 atom stereocenters. The number of aryl methyl sites for hydroxylation is 1. The monoisotopic (exact) mass is 292 g/mol. The van der Waals surface area contributed by atoms with Gasteiger partial charge in [-0.3, -0.25) is 10.1 Å². The van der Waals surface area contributed by atoms with E-state index in [1.54, 1.807) is 24.3 Å². The Morgan fingerprint density at radius 2 is 1.73 bits per heavy atom. The van der Waals surface area contributed by atoms with Gasteiger partial charge in [0.15, 0.2) is 0 Å². The molecular weight excluding hydrogens is 276 g/mol. The highest BCUT2D eigenvalue weighted by Crippen LogP contribution is 2.25. The second kappa shape index (κ2) is 5.85. The minimum Gasteiger partial charge on any atom is -0.343 e. The largest absolute Gasteiger partial charge is 0.343 e. The van der Waals surface area contributed by atoms with Crippen molar-refractivity contribution in [2.75, 3.05) is 0 Å². The molecule has 0 N–H and O–H groups in total. The Bertz CT molecular complexity index is 790. The SMILES string of the molecule is Cc1cc(-c2ccc([N+](=O)[O-])cc2)n(Cc2ccccc2)c1. The predicted octanol–water partition coefficient (Wildman–Crippen LogP) is 4.42. The van der Waals surface area contributed by atoms with Crippen LogP contribution in [0, 0.1) is 17.0 Å². The Morgan fingerprint density at radius 1 is 1.05 bits per heavy atom. The number of nitro benzene ring substituents is 1. The maximum Gasteiger partial charge on any atom is 0.269 e. The van der Waals surface area contributed by atoms with Gasteiger partial charge in [-0.25, -0.2) is 0 Å². The molecule has 0 aliphatic rings. The molecule has 0 unspecified atom stereocenters. The summed E-state index contributed by atoms with van der Waals surface area (Å²) in [6.45, 7) is 2.83. The molecule has 3 rings (SSSR count). The number of non-ortho nitro benzene ring substituents is 1. The third-order valence-corrected chi connectivity index (χ3v) is 3.60. The Morgan fingerprint density at radius 3 is 2.36 bits per heavy atom. The van der Waals surface area contributed by atoms with Gasteiger partial charge in [0.2, 0.25) is 0 Å². The van der Waals surface area contributed by atoms with Gasteiger partial charge in [0.25, 0.3) is 5.69 Å². The van der Waals surface area contributed by atoms with Gasteiger partial charge < -0.3 is 4.57 Å². The number of hydrogen-bond donors (Lipinski definition) is 0. The number of nitro groups is 1. The van der Waals surface area contributed by atoms with Crippen LogP contribution in [0.1, 0.15) is 11.1 Å². The van der Waals surface area contributed by atoms with E-state index in [0.717, 1.165) is 17.8 Å². The predicted molar refractivity (Wildman–Crippen MR) is 86.8 cm³/mol. The first-order valence-corrected chi connectivity index (χ1v) is 7.09. The second-order valence-electron chi connectivity index (χ2n) is 5.32. The number of aromatic nitrogens is 1. The lowest BCUT2D eigenvalue weighted by molar-refractivity contribution is -0.384. The summed E-state index contributed by atoms with van der Waals surface area (Å²) in [4.78, 5) is 10.4. The average molecular weight is 292 g/mol. The molecule has 0 bridgehead atoms. The summed E-state index contributed by atoms with van der Waals surface area (Å²) in [6.07, 6.45) is 2.10. The standard InChI is InChI=1S/C18H16N2O2/c1-14-11-18(16-7-9-17(10-8-16)20(21)22)19(12-14)13-15-5-3-2-4-6-15/h2-12H,13H2,1H3. The maximum atomic E-state index is 10.8. The van der Waals surface area contributed by atoms with E-state index in [-0.39, 0.29) is 10.6 Å². The van der Waals surface area contributed by atoms with Crippen molar-refractivity contribution >= 4 is 5.69 Å². The quantitative estimate of drug-likeness (QED) is 0.528. The van der Waals surface area contributed by atoms with Crippen LogP contribution in [-0.4, -0.2) is 9.49 Å². The maximum absolute atomic E-state index is 10.8. The Labute approximate surface area is 128 Å². The van der Waals surface area contributed by atoms with Crippen molar-refractivity contribution in [3.63, 3.8) is 0 Å². The summed E-state index contributed by atoms with van der Waals surface area (Å²) < 4.78 is 2.17. The molecule has 0 amide bonds. The van der Waals surface area contributed by atoms with Crippen LogP contribution in [0.3, 0.4) is 0 Å². The zero-order valence-electron chi connectivity index (χ0n) is 12.3. The Balaban J connectivity index is 1.95. The lowest BCUT2D eigenvalue weighted by atomic mass is 10.1. The van der Waals surface area contributed by atoms with E-state index in [9.17, 15) is 10.1 Å². The molecule has 4 nitrogen and oxygen atoms in total. The molecule has 0 radical (unpaired) electrons. The molecule has 2 aromatic carbocycles. The van der Waals surface area contributed by atoms with Crippen molar-refractivity contribution in [2.24, 2.45) is 0 Å².